The quantitative estimate of drug-likeness (QED) is 0.584. The predicted octanol–water partition coefficient (Wildman–Crippen LogP) is 3.41. The van der Waals surface area contributed by atoms with Gasteiger partial charge in [-0.1, -0.05) is 39.0 Å². The molecule has 0 aromatic carbocycles. The Kier molecular flexibility index (Phi) is 8.59. The summed E-state index contributed by atoms with van der Waals surface area (Å²) in [6.07, 6.45) is 6.12. The van der Waals surface area contributed by atoms with Gasteiger partial charge in [0.25, 0.3) is 0 Å². The fourth-order valence-electron chi connectivity index (χ4n) is 1.52. The Bertz CT molecular complexity index is 148. The number of alkyl halides is 1. The molecule has 0 aromatic rings. The highest BCUT2D eigenvalue weighted by molar-refractivity contribution is 5.66. The Hall–Kier alpha value is -0.600. The fourth-order valence-corrected chi connectivity index (χ4v) is 1.52. The molecular formula is C11H21FO2. The maximum absolute atomic E-state index is 11.7. The van der Waals surface area contributed by atoms with Gasteiger partial charge >= 0.3 is 5.97 Å². The van der Waals surface area contributed by atoms with E-state index < -0.39 is 5.97 Å². The van der Waals surface area contributed by atoms with Crippen molar-refractivity contribution in [1.82, 2.24) is 0 Å². The van der Waals surface area contributed by atoms with Crippen LogP contribution in [-0.4, -0.2) is 17.8 Å². The number of rotatable bonds is 9. The van der Waals surface area contributed by atoms with Crippen LogP contribution in [0.2, 0.25) is 0 Å². The minimum Gasteiger partial charge on any atom is -0.481 e. The molecule has 0 saturated heterocycles. The van der Waals surface area contributed by atoms with E-state index in [0.29, 0.717) is 6.42 Å². The van der Waals surface area contributed by atoms with Gasteiger partial charge in [0, 0.05) is 6.42 Å². The normalized spacial score (nSPS) is 12.7. The summed E-state index contributed by atoms with van der Waals surface area (Å²) in [6, 6.07) is 0. The fraction of sp³-hybridized carbons (Fsp3) is 0.909. The molecular weight excluding hydrogens is 183 g/mol. The van der Waals surface area contributed by atoms with E-state index in [9.17, 15) is 9.18 Å². The van der Waals surface area contributed by atoms with Crippen LogP contribution in [0.3, 0.4) is 0 Å². The molecule has 0 aliphatic carbocycles. The van der Waals surface area contributed by atoms with Crippen molar-refractivity contribution in [1.29, 1.82) is 0 Å². The molecule has 0 saturated carbocycles. The van der Waals surface area contributed by atoms with Crippen molar-refractivity contribution < 1.29 is 14.3 Å². The lowest BCUT2D eigenvalue weighted by Gasteiger charge is -2.07. The number of unbranched alkanes of at least 4 members (excludes halogenated alkanes) is 4. The van der Waals surface area contributed by atoms with Crippen LogP contribution in [0.1, 0.15) is 51.9 Å². The van der Waals surface area contributed by atoms with Crippen molar-refractivity contribution in [2.45, 2.75) is 51.9 Å². The maximum atomic E-state index is 11.7. The van der Waals surface area contributed by atoms with Gasteiger partial charge < -0.3 is 5.11 Å². The SMILES string of the molecule is CC(CCCCCCCF)CC(=O)O. The average molecular weight is 204 g/mol. The molecule has 0 spiro atoms. The molecule has 1 N–H and O–H groups in total. The molecule has 3 heteroatoms. The summed E-state index contributed by atoms with van der Waals surface area (Å²) in [7, 11) is 0. The third kappa shape index (κ3) is 9.49. The Morgan fingerprint density at radius 2 is 1.79 bits per heavy atom. The molecule has 14 heavy (non-hydrogen) atoms. The van der Waals surface area contributed by atoms with E-state index in [-0.39, 0.29) is 19.0 Å². The molecule has 0 bridgehead atoms. The summed E-state index contributed by atoms with van der Waals surface area (Å²) in [6.45, 7) is 1.76. The van der Waals surface area contributed by atoms with Crippen LogP contribution in [0.4, 0.5) is 4.39 Å². The first kappa shape index (κ1) is 13.4. The largest absolute Gasteiger partial charge is 0.481 e. The Morgan fingerprint density at radius 1 is 1.21 bits per heavy atom. The lowest BCUT2D eigenvalue weighted by Crippen LogP contribution is -2.03. The summed E-state index contributed by atoms with van der Waals surface area (Å²) >= 11 is 0. The Morgan fingerprint density at radius 3 is 2.36 bits per heavy atom. The number of hydrogen-bond acceptors (Lipinski definition) is 1. The van der Waals surface area contributed by atoms with Crippen LogP contribution in [0.25, 0.3) is 0 Å². The van der Waals surface area contributed by atoms with Crippen molar-refractivity contribution in [2.75, 3.05) is 6.67 Å². The van der Waals surface area contributed by atoms with Gasteiger partial charge in [-0.15, -0.1) is 0 Å². The van der Waals surface area contributed by atoms with Gasteiger partial charge in [-0.3, -0.25) is 9.18 Å². The van der Waals surface area contributed by atoms with E-state index in [1.807, 2.05) is 6.92 Å². The zero-order valence-corrected chi connectivity index (χ0v) is 8.97. The maximum Gasteiger partial charge on any atom is 0.303 e. The lowest BCUT2D eigenvalue weighted by atomic mass is 9.99. The molecule has 0 rings (SSSR count). The van der Waals surface area contributed by atoms with Crippen molar-refractivity contribution in [3.8, 4) is 0 Å². The summed E-state index contributed by atoms with van der Waals surface area (Å²) in [5, 5.41) is 8.51. The molecule has 0 aliphatic heterocycles. The van der Waals surface area contributed by atoms with Gasteiger partial charge in [0.1, 0.15) is 0 Å². The van der Waals surface area contributed by atoms with Crippen LogP contribution in [0, 0.1) is 5.92 Å². The number of carbonyl (C=O) groups is 1. The predicted molar refractivity (Wildman–Crippen MR) is 55.1 cm³/mol. The zero-order valence-electron chi connectivity index (χ0n) is 8.97. The van der Waals surface area contributed by atoms with E-state index in [1.54, 1.807) is 0 Å². The number of carboxylic acids is 1. The standard InChI is InChI=1S/C11H21FO2/c1-10(9-11(13)14)7-5-3-2-4-6-8-12/h10H,2-9H2,1H3,(H,13,14). The van der Waals surface area contributed by atoms with Gasteiger partial charge in [0.2, 0.25) is 0 Å². The second-order valence-corrected chi connectivity index (χ2v) is 3.95. The summed E-state index contributed by atoms with van der Waals surface area (Å²) in [5.74, 6) is -0.441. The number of aliphatic carboxylic acids is 1. The molecule has 1 unspecified atom stereocenters. The van der Waals surface area contributed by atoms with Gasteiger partial charge in [-0.2, -0.15) is 0 Å². The van der Waals surface area contributed by atoms with E-state index in [1.165, 1.54) is 0 Å². The second kappa shape index (κ2) is 8.97. The monoisotopic (exact) mass is 204 g/mol. The van der Waals surface area contributed by atoms with E-state index in [0.717, 1.165) is 32.1 Å². The zero-order chi connectivity index (χ0) is 10.8. The summed E-state index contributed by atoms with van der Waals surface area (Å²) < 4.78 is 11.7. The minimum absolute atomic E-state index is 0.213. The summed E-state index contributed by atoms with van der Waals surface area (Å²) in [4.78, 5) is 10.3. The average Bonchev–Trinajstić information content (AvgIpc) is 2.10. The minimum atomic E-state index is -0.713. The lowest BCUT2D eigenvalue weighted by molar-refractivity contribution is -0.138. The first-order chi connectivity index (χ1) is 6.66. The van der Waals surface area contributed by atoms with Crippen LogP contribution >= 0.6 is 0 Å². The molecule has 0 radical (unpaired) electrons. The van der Waals surface area contributed by atoms with Crippen molar-refractivity contribution in [2.24, 2.45) is 5.92 Å². The number of hydrogen-bond donors (Lipinski definition) is 1. The first-order valence-corrected chi connectivity index (χ1v) is 5.44. The van der Waals surface area contributed by atoms with Gasteiger partial charge in [0.15, 0.2) is 0 Å². The summed E-state index contributed by atoms with van der Waals surface area (Å²) in [5.41, 5.74) is 0. The van der Waals surface area contributed by atoms with Gasteiger partial charge in [-0.05, 0) is 12.3 Å². The molecule has 0 heterocycles. The van der Waals surface area contributed by atoms with Gasteiger partial charge in [0.05, 0.1) is 6.67 Å². The Labute approximate surface area is 85.5 Å². The highest BCUT2D eigenvalue weighted by Gasteiger charge is 2.06. The second-order valence-electron chi connectivity index (χ2n) is 3.95. The molecule has 84 valence electrons. The molecule has 0 aliphatic rings. The third-order valence-electron chi connectivity index (χ3n) is 2.35. The first-order valence-electron chi connectivity index (χ1n) is 5.44. The van der Waals surface area contributed by atoms with Crippen LogP contribution < -0.4 is 0 Å². The van der Waals surface area contributed by atoms with Crippen LogP contribution in [0.15, 0.2) is 0 Å². The van der Waals surface area contributed by atoms with Crippen molar-refractivity contribution >= 4 is 5.97 Å². The smallest absolute Gasteiger partial charge is 0.303 e. The number of halogens is 1. The molecule has 1 atom stereocenters. The van der Waals surface area contributed by atoms with Crippen molar-refractivity contribution in [3.63, 3.8) is 0 Å². The van der Waals surface area contributed by atoms with Gasteiger partial charge in [-0.25, -0.2) is 0 Å². The molecule has 0 fully saturated rings. The van der Waals surface area contributed by atoms with Crippen molar-refractivity contribution in [3.05, 3.63) is 0 Å². The highest BCUT2D eigenvalue weighted by atomic mass is 19.1. The topological polar surface area (TPSA) is 37.3 Å². The van der Waals surface area contributed by atoms with Crippen LogP contribution in [0.5, 0.6) is 0 Å². The Balaban J connectivity index is 3.14. The molecule has 0 amide bonds. The highest BCUT2D eigenvalue weighted by Crippen LogP contribution is 2.14. The van der Waals surface area contributed by atoms with E-state index in [4.69, 9.17) is 5.11 Å². The molecule has 2 nitrogen and oxygen atoms in total. The van der Waals surface area contributed by atoms with E-state index >= 15 is 0 Å². The number of carboxylic acid groups (broad SMARTS) is 1. The van der Waals surface area contributed by atoms with Crippen LogP contribution in [-0.2, 0) is 4.79 Å². The molecule has 0 aromatic heterocycles. The third-order valence-corrected chi connectivity index (χ3v) is 2.35. The van der Waals surface area contributed by atoms with E-state index in [2.05, 4.69) is 0 Å².